The van der Waals surface area contributed by atoms with Gasteiger partial charge in [0.1, 0.15) is 0 Å². The summed E-state index contributed by atoms with van der Waals surface area (Å²) in [6.07, 6.45) is 1.51. The minimum atomic E-state index is -0.163. The van der Waals surface area contributed by atoms with Crippen LogP contribution in [-0.4, -0.2) is 50.6 Å². The minimum absolute atomic E-state index is 0.107. The van der Waals surface area contributed by atoms with E-state index in [1.54, 1.807) is 4.68 Å². The highest BCUT2D eigenvalue weighted by atomic mass is 16.2. The first-order chi connectivity index (χ1) is 11.4. The molecule has 1 atom stereocenters. The molecule has 2 amide bonds. The topological polar surface area (TPSA) is 80.1 Å². The van der Waals surface area contributed by atoms with Gasteiger partial charge >= 0.3 is 0 Å². The van der Waals surface area contributed by atoms with E-state index in [-0.39, 0.29) is 17.9 Å². The molecule has 2 aromatic heterocycles. The van der Waals surface area contributed by atoms with Crippen LogP contribution in [-0.2, 0) is 11.8 Å². The van der Waals surface area contributed by atoms with E-state index >= 15 is 0 Å². The molecule has 3 heterocycles. The van der Waals surface area contributed by atoms with Crippen molar-refractivity contribution in [3.05, 3.63) is 23.0 Å². The Labute approximate surface area is 141 Å². The number of fused-ring (bicyclic) bond motifs is 1. The van der Waals surface area contributed by atoms with Gasteiger partial charge in [0.2, 0.25) is 5.91 Å². The molecule has 0 aromatic carbocycles. The Morgan fingerprint density at radius 2 is 2.12 bits per heavy atom. The van der Waals surface area contributed by atoms with Crippen LogP contribution in [0.3, 0.4) is 0 Å². The molecule has 0 aliphatic carbocycles. The molecule has 1 unspecified atom stereocenters. The number of carbonyl (C=O) groups is 2. The summed E-state index contributed by atoms with van der Waals surface area (Å²) in [4.78, 5) is 30.6. The van der Waals surface area contributed by atoms with Crippen LogP contribution in [0, 0.1) is 13.8 Å². The van der Waals surface area contributed by atoms with Crippen LogP contribution in [0.1, 0.15) is 41.5 Å². The lowest BCUT2D eigenvalue weighted by Gasteiger charge is -2.22. The Morgan fingerprint density at radius 3 is 2.79 bits per heavy atom. The van der Waals surface area contributed by atoms with Gasteiger partial charge in [0.05, 0.1) is 17.0 Å². The third kappa shape index (κ3) is 2.98. The quantitative estimate of drug-likeness (QED) is 0.917. The van der Waals surface area contributed by atoms with E-state index in [4.69, 9.17) is 0 Å². The molecule has 1 aliphatic heterocycles. The maximum absolute atomic E-state index is 12.6. The van der Waals surface area contributed by atoms with E-state index in [9.17, 15) is 9.59 Å². The first kappa shape index (κ1) is 16.4. The maximum atomic E-state index is 12.6. The fourth-order valence-corrected chi connectivity index (χ4v) is 3.24. The van der Waals surface area contributed by atoms with Gasteiger partial charge in [-0.1, -0.05) is 0 Å². The zero-order valence-electron chi connectivity index (χ0n) is 14.6. The Kier molecular flexibility index (Phi) is 4.26. The number of aryl methyl sites for hydroxylation is 3. The largest absolute Gasteiger partial charge is 0.348 e. The second-order valence-electron chi connectivity index (χ2n) is 6.52. The summed E-state index contributed by atoms with van der Waals surface area (Å²) >= 11 is 0. The highest BCUT2D eigenvalue weighted by Gasteiger charge is 2.23. The van der Waals surface area contributed by atoms with Crippen LogP contribution in [0.15, 0.2) is 6.07 Å². The fraction of sp³-hybridized carbons (Fsp3) is 0.529. The number of likely N-dealkylation sites (tertiary alicyclic amines) is 1. The molecule has 1 N–H and O–H groups in total. The van der Waals surface area contributed by atoms with Gasteiger partial charge in [0, 0.05) is 38.0 Å². The summed E-state index contributed by atoms with van der Waals surface area (Å²) in [6, 6.07) is 1.74. The van der Waals surface area contributed by atoms with E-state index in [2.05, 4.69) is 15.4 Å². The number of nitrogens with one attached hydrogen (secondary N) is 1. The van der Waals surface area contributed by atoms with Crippen molar-refractivity contribution >= 4 is 22.8 Å². The van der Waals surface area contributed by atoms with Crippen molar-refractivity contribution in [1.82, 2.24) is 25.0 Å². The summed E-state index contributed by atoms with van der Waals surface area (Å²) in [5.41, 5.74) is 2.85. The van der Waals surface area contributed by atoms with Crippen molar-refractivity contribution in [2.75, 3.05) is 13.1 Å². The summed E-state index contributed by atoms with van der Waals surface area (Å²) < 4.78 is 1.72. The number of amides is 2. The summed E-state index contributed by atoms with van der Waals surface area (Å²) in [7, 11) is 1.84. The molecule has 24 heavy (non-hydrogen) atoms. The number of pyridine rings is 1. The lowest BCUT2D eigenvalue weighted by Crippen LogP contribution is -2.42. The monoisotopic (exact) mass is 329 g/mol. The number of aromatic nitrogens is 3. The molecule has 1 saturated heterocycles. The minimum Gasteiger partial charge on any atom is -0.348 e. The number of nitrogens with zero attached hydrogens (tertiary/aromatic N) is 4. The lowest BCUT2D eigenvalue weighted by molar-refractivity contribution is -0.127. The van der Waals surface area contributed by atoms with Gasteiger partial charge in [0.25, 0.3) is 5.91 Å². The van der Waals surface area contributed by atoms with E-state index in [1.165, 1.54) is 0 Å². The molecular formula is C17H23N5O2. The number of hydrogen-bond acceptors (Lipinski definition) is 4. The average molecular weight is 329 g/mol. The SMILES string of the molecule is Cc1nc2c(cc1C(=O)NC(C)CN1CCCC1=O)c(C)nn2C. The Bertz CT molecular complexity index is 811. The Morgan fingerprint density at radius 1 is 1.38 bits per heavy atom. The number of hydrogen-bond donors (Lipinski definition) is 1. The van der Waals surface area contributed by atoms with E-state index in [0.717, 1.165) is 29.7 Å². The predicted molar refractivity (Wildman–Crippen MR) is 90.7 cm³/mol. The number of carbonyl (C=O) groups excluding carboxylic acids is 2. The molecule has 1 fully saturated rings. The van der Waals surface area contributed by atoms with Crippen molar-refractivity contribution < 1.29 is 9.59 Å². The van der Waals surface area contributed by atoms with Crippen molar-refractivity contribution in [3.63, 3.8) is 0 Å². The van der Waals surface area contributed by atoms with Crippen molar-refractivity contribution in [2.24, 2.45) is 7.05 Å². The van der Waals surface area contributed by atoms with E-state index in [0.29, 0.717) is 24.2 Å². The Hall–Kier alpha value is -2.44. The van der Waals surface area contributed by atoms with Gasteiger partial charge in [0.15, 0.2) is 5.65 Å². The average Bonchev–Trinajstić information content (AvgIpc) is 3.02. The van der Waals surface area contributed by atoms with Gasteiger partial charge < -0.3 is 10.2 Å². The molecular weight excluding hydrogens is 306 g/mol. The zero-order chi connectivity index (χ0) is 17.4. The van der Waals surface area contributed by atoms with E-state index in [1.807, 2.05) is 38.8 Å². The van der Waals surface area contributed by atoms with Crippen LogP contribution in [0.25, 0.3) is 11.0 Å². The van der Waals surface area contributed by atoms with Crippen molar-refractivity contribution in [1.29, 1.82) is 0 Å². The van der Waals surface area contributed by atoms with Crippen LogP contribution >= 0.6 is 0 Å². The lowest BCUT2D eigenvalue weighted by atomic mass is 10.1. The van der Waals surface area contributed by atoms with Gasteiger partial charge in [-0.2, -0.15) is 5.10 Å². The second-order valence-corrected chi connectivity index (χ2v) is 6.52. The third-order valence-electron chi connectivity index (χ3n) is 4.48. The van der Waals surface area contributed by atoms with Gasteiger partial charge in [-0.15, -0.1) is 0 Å². The highest BCUT2D eigenvalue weighted by molar-refractivity contribution is 5.98. The van der Waals surface area contributed by atoms with Crippen LogP contribution in [0.4, 0.5) is 0 Å². The molecule has 0 radical (unpaired) electrons. The molecule has 0 bridgehead atoms. The highest BCUT2D eigenvalue weighted by Crippen LogP contribution is 2.19. The zero-order valence-corrected chi connectivity index (χ0v) is 14.6. The first-order valence-electron chi connectivity index (χ1n) is 8.26. The molecule has 3 rings (SSSR count). The fourth-order valence-electron chi connectivity index (χ4n) is 3.24. The van der Waals surface area contributed by atoms with Gasteiger partial charge in [-0.25, -0.2) is 4.98 Å². The maximum Gasteiger partial charge on any atom is 0.253 e. The molecule has 7 nitrogen and oxygen atoms in total. The third-order valence-corrected chi connectivity index (χ3v) is 4.48. The van der Waals surface area contributed by atoms with Crippen molar-refractivity contribution in [3.8, 4) is 0 Å². The van der Waals surface area contributed by atoms with Crippen molar-refractivity contribution in [2.45, 2.75) is 39.7 Å². The summed E-state index contributed by atoms with van der Waals surface area (Å²) in [5, 5.41) is 8.21. The summed E-state index contributed by atoms with van der Waals surface area (Å²) in [5.74, 6) is 0.00523. The predicted octanol–water partition coefficient (Wildman–Crippen LogP) is 1.33. The summed E-state index contributed by atoms with van der Waals surface area (Å²) in [6.45, 7) is 6.97. The molecule has 2 aromatic rings. The molecule has 128 valence electrons. The Balaban J connectivity index is 1.77. The first-order valence-corrected chi connectivity index (χ1v) is 8.26. The van der Waals surface area contributed by atoms with Gasteiger partial charge in [-0.05, 0) is 33.3 Å². The molecule has 1 aliphatic rings. The van der Waals surface area contributed by atoms with Crippen LogP contribution in [0.2, 0.25) is 0 Å². The standard InChI is InChI=1S/C17H23N5O2/c1-10(9-22-7-5-6-15(22)23)18-17(24)14-8-13-12(3)20-21(4)16(13)19-11(14)2/h8,10H,5-7,9H2,1-4H3,(H,18,24). The van der Waals surface area contributed by atoms with Gasteiger partial charge in [-0.3, -0.25) is 14.3 Å². The van der Waals surface area contributed by atoms with Crippen LogP contribution < -0.4 is 5.32 Å². The van der Waals surface area contributed by atoms with Crippen LogP contribution in [0.5, 0.6) is 0 Å². The number of rotatable bonds is 4. The molecule has 0 saturated carbocycles. The van der Waals surface area contributed by atoms with E-state index < -0.39 is 0 Å². The smallest absolute Gasteiger partial charge is 0.253 e. The normalized spacial score (nSPS) is 16.0. The molecule has 0 spiro atoms. The second kappa shape index (κ2) is 6.22. The molecule has 7 heteroatoms.